The zero-order chi connectivity index (χ0) is 20.9. The largest absolute Gasteiger partial charge is 0.217 e. The van der Waals surface area contributed by atoms with Gasteiger partial charge in [-0.3, -0.25) is 0 Å². The van der Waals surface area contributed by atoms with Crippen LogP contribution in [-0.2, 0) is 12.8 Å². The molecule has 2 aromatic carbocycles. The molecule has 150 valence electrons. The van der Waals surface area contributed by atoms with Crippen LogP contribution in [0, 0.1) is 23.7 Å². The van der Waals surface area contributed by atoms with Crippen molar-refractivity contribution in [3.63, 3.8) is 0 Å². The van der Waals surface area contributed by atoms with E-state index < -0.39 is 11.7 Å². The lowest BCUT2D eigenvalue weighted by Gasteiger charge is -2.00. The third-order valence-corrected chi connectivity index (χ3v) is 4.62. The first kappa shape index (κ1) is 22.4. The SMILES string of the molecule is CCCCCc1ccc(C#CC(F)=C(F)C#Cc2ccc(CCCC)cc2)cc1. The van der Waals surface area contributed by atoms with Crippen molar-refractivity contribution in [1.82, 2.24) is 0 Å². The molecule has 0 aliphatic heterocycles. The lowest BCUT2D eigenvalue weighted by atomic mass is 10.1. The van der Waals surface area contributed by atoms with Crippen LogP contribution >= 0.6 is 0 Å². The van der Waals surface area contributed by atoms with E-state index in [9.17, 15) is 8.78 Å². The van der Waals surface area contributed by atoms with Crippen molar-refractivity contribution in [2.45, 2.75) is 58.8 Å². The van der Waals surface area contributed by atoms with Crippen molar-refractivity contribution in [3.8, 4) is 23.7 Å². The molecule has 29 heavy (non-hydrogen) atoms. The summed E-state index contributed by atoms with van der Waals surface area (Å²) in [6, 6.07) is 15.3. The van der Waals surface area contributed by atoms with Crippen LogP contribution in [0.3, 0.4) is 0 Å². The van der Waals surface area contributed by atoms with Crippen molar-refractivity contribution >= 4 is 0 Å². The smallest absolute Gasteiger partial charge is 0.193 e. The van der Waals surface area contributed by atoms with Gasteiger partial charge in [0, 0.05) is 11.1 Å². The van der Waals surface area contributed by atoms with Gasteiger partial charge in [0.2, 0.25) is 11.7 Å². The summed E-state index contributed by atoms with van der Waals surface area (Å²) in [6.45, 7) is 4.32. The molecule has 0 fully saturated rings. The van der Waals surface area contributed by atoms with Gasteiger partial charge in [-0.15, -0.1) is 0 Å². The maximum absolute atomic E-state index is 13.9. The van der Waals surface area contributed by atoms with Crippen LogP contribution in [0.5, 0.6) is 0 Å². The van der Waals surface area contributed by atoms with Crippen LogP contribution in [-0.4, -0.2) is 0 Å². The van der Waals surface area contributed by atoms with Gasteiger partial charge in [-0.25, -0.2) is 0 Å². The summed E-state index contributed by atoms with van der Waals surface area (Å²) in [4.78, 5) is 0. The lowest BCUT2D eigenvalue weighted by molar-refractivity contribution is 0.584. The van der Waals surface area contributed by atoms with Crippen LogP contribution in [0.4, 0.5) is 8.78 Å². The summed E-state index contributed by atoms with van der Waals surface area (Å²) >= 11 is 0. The number of halogens is 2. The number of benzene rings is 2. The fourth-order valence-electron chi connectivity index (χ4n) is 2.83. The second kappa shape index (κ2) is 12.6. The monoisotopic (exact) mass is 390 g/mol. The molecule has 2 heteroatoms. The van der Waals surface area contributed by atoms with Crippen LogP contribution in [0.2, 0.25) is 0 Å². The van der Waals surface area contributed by atoms with Crippen LogP contribution < -0.4 is 0 Å². The quantitative estimate of drug-likeness (QED) is 0.343. The molecular weight excluding hydrogens is 362 g/mol. The standard InChI is InChI=1S/C27H28F2/c1-3-5-7-9-23-12-16-25(17-13-23)19-21-27(29)26(28)20-18-24-14-10-22(11-15-24)8-6-4-2/h10-17H,3-9H2,1-2H3. The Balaban J connectivity index is 1.99. The Kier molecular flexibility index (Phi) is 9.74. The predicted molar refractivity (Wildman–Crippen MR) is 118 cm³/mol. The first-order valence-corrected chi connectivity index (χ1v) is 10.4. The minimum Gasteiger partial charge on any atom is -0.193 e. The normalized spacial score (nSPS) is 11.0. The Labute approximate surface area is 174 Å². The minimum atomic E-state index is -1.14. The molecule has 0 bridgehead atoms. The topological polar surface area (TPSA) is 0 Å². The Hall–Kier alpha value is -2.84. The zero-order valence-electron chi connectivity index (χ0n) is 17.3. The fraction of sp³-hybridized carbons (Fsp3) is 0.333. The van der Waals surface area contributed by atoms with E-state index in [2.05, 4.69) is 37.5 Å². The van der Waals surface area contributed by atoms with Crippen molar-refractivity contribution < 1.29 is 8.78 Å². The van der Waals surface area contributed by atoms with Crippen LogP contribution in [0.15, 0.2) is 60.2 Å². The lowest BCUT2D eigenvalue weighted by Crippen LogP contribution is -1.85. The van der Waals surface area contributed by atoms with Gasteiger partial charge in [0.15, 0.2) is 0 Å². The maximum atomic E-state index is 13.9. The number of allylic oxidation sites excluding steroid dienone is 2. The molecule has 0 amide bonds. The summed E-state index contributed by atoms with van der Waals surface area (Å²) in [7, 11) is 0. The first-order chi connectivity index (χ1) is 14.1. The van der Waals surface area contributed by atoms with E-state index in [1.54, 1.807) is 0 Å². The van der Waals surface area contributed by atoms with E-state index in [1.165, 1.54) is 24.0 Å². The van der Waals surface area contributed by atoms with Crippen molar-refractivity contribution in [2.75, 3.05) is 0 Å². The van der Waals surface area contributed by atoms with E-state index in [1.807, 2.05) is 48.5 Å². The van der Waals surface area contributed by atoms with E-state index in [0.717, 1.165) is 32.1 Å². The second-order valence-electron chi connectivity index (χ2n) is 7.08. The Morgan fingerprint density at radius 3 is 1.45 bits per heavy atom. The average Bonchev–Trinajstić information content (AvgIpc) is 2.76. The van der Waals surface area contributed by atoms with Gasteiger partial charge in [0.1, 0.15) is 0 Å². The molecule has 0 saturated heterocycles. The Morgan fingerprint density at radius 1 is 0.621 bits per heavy atom. The molecule has 0 heterocycles. The van der Waals surface area contributed by atoms with E-state index in [4.69, 9.17) is 0 Å². The highest BCUT2D eigenvalue weighted by molar-refractivity contribution is 5.45. The van der Waals surface area contributed by atoms with Gasteiger partial charge >= 0.3 is 0 Å². The number of aryl methyl sites for hydroxylation is 2. The highest BCUT2D eigenvalue weighted by atomic mass is 19.2. The molecule has 0 aliphatic carbocycles. The number of rotatable bonds is 7. The Morgan fingerprint density at radius 2 is 1.03 bits per heavy atom. The number of hydrogen-bond donors (Lipinski definition) is 0. The summed E-state index contributed by atoms with van der Waals surface area (Å²) in [6.07, 6.45) is 7.87. The molecule has 0 unspecified atom stereocenters. The Bertz CT molecular complexity index is 911. The second-order valence-corrected chi connectivity index (χ2v) is 7.08. The van der Waals surface area contributed by atoms with Gasteiger partial charge in [-0.2, -0.15) is 8.78 Å². The van der Waals surface area contributed by atoms with Gasteiger partial charge in [0.25, 0.3) is 0 Å². The summed E-state index contributed by atoms with van der Waals surface area (Å²) in [5, 5.41) is 0. The molecule has 2 aromatic rings. The van der Waals surface area contributed by atoms with Gasteiger partial charge < -0.3 is 0 Å². The van der Waals surface area contributed by atoms with Crippen molar-refractivity contribution in [1.29, 1.82) is 0 Å². The van der Waals surface area contributed by atoms with Crippen LogP contribution in [0.25, 0.3) is 0 Å². The maximum Gasteiger partial charge on any atom is 0.217 e. The molecule has 0 saturated carbocycles. The predicted octanol–water partition coefficient (Wildman–Crippen LogP) is 7.32. The zero-order valence-corrected chi connectivity index (χ0v) is 17.3. The van der Waals surface area contributed by atoms with Crippen molar-refractivity contribution in [3.05, 3.63) is 82.4 Å². The molecule has 2 rings (SSSR count). The molecule has 0 aromatic heterocycles. The van der Waals surface area contributed by atoms with Gasteiger partial charge in [-0.1, -0.05) is 69.2 Å². The molecule has 0 atom stereocenters. The third kappa shape index (κ3) is 8.37. The molecule has 0 N–H and O–H groups in total. The molecule has 0 aliphatic rings. The summed E-state index contributed by atoms with van der Waals surface area (Å²) < 4.78 is 27.8. The number of hydrogen-bond acceptors (Lipinski definition) is 0. The third-order valence-electron chi connectivity index (χ3n) is 4.62. The minimum absolute atomic E-state index is 0.653. The summed E-state index contributed by atoms with van der Waals surface area (Å²) in [5.74, 6) is 7.48. The molecular formula is C27H28F2. The molecule has 0 radical (unpaired) electrons. The molecule has 0 nitrogen and oxygen atoms in total. The highest BCUT2D eigenvalue weighted by Crippen LogP contribution is 2.11. The average molecular weight is 391 g/mol. The van der Waals surface area contributed by atoms with E-state index >= 15 is 0 Å². The van der Waals surface area contributed by atoms with Gasteiger partial charge in [-0.05, 0) is 72.9 Å². The van der Waals surface area contributed by atoms with E-state index in [-0.39, 0.29) is 0 Å². The highest BCUT2D eigenvalue weighted by Gasteiger charge is 2.00. The fourth-order valence-corrected chi connectivity index (χ4v) is 2.83. The van der Waals surface area contributed by atoms with Gasteiger partial charge in [0.05, 0.1) is 0 Å². The van der Waals surface area contributed by atoms with E-state index in [0.29, 0.717) is 11.1 Å². The molecule has 0 spiro atoms. The van der Waals surface area contributed by atoms with Crippen LogP contribution in [0.1, 0.15) is 68.2 Å². The first-order valence-electron chi connectivity index (χ1n) is 10.4. The van der Waals surface area contributed by atoms with Crippen molar-refractivity contribution in [2.24, 2.45) is 0 Å². The number of unbranched alkanes of at least 4 members (excludes halogenated alkanes) is 3. The summed E-state index contributed by atoms with van der Waals surface area (Å²) in [5.41, 5.74) is 3.77.